The molecular formula is C18H32N2O. The molecule has 0 spiro atoms. The highest BCUT2D eigenvalue weighted by molar-refractivity contribution is 5.05. The van der Waals surface area contributed by atoms with Crippen LogP contribution >= 0.6 is 0 Å². The lowest BCUT2D eigenvalue weighted by Gasteiger charge is -2.34. The predicted molar refractivity (Wildman–Crippen MR) is 88.4 cm³/mol. The zero-order valence-electron chi connectivity index (χ0n) is 14.2. The van der Waals surface area contributed by atoms with Crippen LogP contribution in [-0.4, -0.2) is 31.6 Å². The molecule has 3 heteroatoms. The summed E-state index contributed by atoms with van der Waals surface area (Å²) in [5.41, 5.74) is 0.464. The summed E-state index contributed by atoms with van der Waals surface area (Å²) in [6.07, 6.45) is 5.49. The highest BCUT2D eigenvalue weighted by Gasteiger charge is 2.34. The number of rotatable bonds is 8. The van der Waals surface area contributed by atoms with Crippen LogP contribution < -0.4 is 5.32 Å². The zero-order chi connectivity index (χ0) is 15.3. The van der Waals surface area contributed by atoms with Crippen LogP contribution in [0.3, 0.4) is 0 Å². The Balaban J connectivity index is 1.86. The van der Waals surface area contributed by atoms with Gasteiger partial charge in [0.25, 0.3) is 0 Å². The van der Waals surface area contributed by atoms with Gasteiger partial charge in [-0.1, -0.05) is 26.7 Å². The number of nitrogens with zero attached hydrogens (tertiary/aromatic N) is 1. The normalized spacial score (nSPS) is 18.0. The van der Waals surface area contributed by atoms with Crippen molar-refractivity contribution < 1.29 is 4.42 Å². The van der Waals surface area contributed by atoms with Gasteiger partial charge in [-0.05, 0) is 56.8 Å². The first kappa shape index (κ1) is 16.6. The van der Waals surface area contributed by atoms with Gasteiger partial charge in [0.05, 0.1) is 6.54 Å². The van der Waals surface area contributed by atoms with E-state index in [1.165, 1.54) is 25.7 Å². The standard InChI is InChI=1S/C18H32N2O/c1-15(2)11-19-13-18(9-5-6-10-18)14-20(4)12-17-8-7-16(3)21-17/h7-8,15,19H,5-6,9-14H2,1-4H3. The van der Waals surface area contributed by atoms with E-state index in [0.29, 0.717) is 5.41 Å². The fourth-order valence-electron chi connectivity index (χ4n) is 3.61. The fraction of sp³-hybridized carbons (Fsp3) is 0.778. The molecule has 0 bridgehead atoms. The molecule has 120 valence electrons. The van der Waals surface area contributed by atoms with Crippen molar-refractivity contribution in [2.45, 2.75) is 53.0 Å². The summed E-state index contributed by atoms with van der Waals surface area (Å²) in [6, 6.07) is 4.16. The largest absolute Gasteiger partial charge is 0.465 e. The Morgan fingerprint density at radius 2 is 2.00 bits per heavy atom. The van der Waals surface area contributed by atoms with Crippen molar-refractivity contribution in [3.63, 3.8) is 0 Å². The maximum atomic E-state index is 5.71. The lowest BCUT2D eigenvalue weighted by atomic mass is 9.85. The van der Waals surface area contributed by atoms with E-state index >= 15 is 0 Å². The van der Waals surface area contributed by atoms with E-state index in [2.05, 4.69) is 43.2 Å². The highest BCUT2D eigenvalue weighted by atomic mass is 16.3. The van der Waals surface area contributed by atoms with Crippen LogP contribution in [0.5, 0.6) is 0 Å². The lowest BCUT2D eigenvalue weighted by molar-refractivity contribution is 0.159. The maximum absolute atomic E-state index is 5.71. The van der Waals surface area contributed by atoms with Crippen molar-refractivity contribution in [1.29, 1.82) is 0 Å². The zero-order valence-corrected chi connectivity index (χ0v) is 14.2. The van der Waals surface area contributed by atoms with Crippen LogP contribution in [0.1, 0.15) is 51.1 Å². The molecule has 0 aromatic carbocycles. The molecule has 1 aromatic rings. The molecule has 0 aliphatic heterocycles. The second kappa shape index (κ2) is 7.46. The van der Waals surface area contributed by atoms with Gasteiger partial charge in [-0.2, -0.15) is 0 Å². The van der Waals surface area contributed by atoms with Gasteiger partial charge in [-0.25, -0.2) is 0 Å². The van der Waals surface area contributed by atoms with Crippen molar-refractivity contribution in [3.8, 4) is 0 Å². The van der Waals surface area contributed by atoms with Gasteiger partial charge in [-0.3, -0.25) is 4.90 Å². The Kier molecular flexibility index (Phi) is 5.88. The number of aryl methyl sites for hydroxylation is 1. The number of nitrogens with one attached hydrogen (secondary N) is 1. The Labute approximate surface area is 130 Å². The Bertz CT molecular complexity index is 419. The molecule has 3 nitrogen and oxygen atoms in total. The third-order valence-electron chi connectivity index (χ3n) is 4.54. The molecule has 1 N–H and O–H groups in total. The van der Waals surface area contributed by atoms with Gasteiger partial charge in [0.15, 0.2) is 0 Å². The van der Waals surface area contributed by atoms with Gasteiger partial charge in [-0.15, -0.1) is 0 Å². The molecule has 1 heterocycles. The van der Waals surface area contributed by atoms with Gasteiger partial charge >= 0.3 is 0 Å². The minimum atomic E-state index is 0.464. The first-order valence-electron chi connectivity index (χ1n) is 8.44. The van der Waals surface area contributed by atoms with Gasteiger partial charge in [0.2, 0.25) is 0 Å². The minimum absolute atomic E-state index is 0.464. The van der Waals surface area contributed by atoms with Crippen LogP contribution in [0.25, 0.3) is 0 Å². The number of furan rings is 1. The van der Waals surface area contributed by atoms with Crippen LogP contribution in [-0.2, 0) is 6.54 Å². The summed E-state index contributed by atoms with van der Waals surface area (Å²) in [4.78, 5) is 2.43. The highest BCUT2D eigenvalue weighted by Crippen LogP contribution is 2.38. The fourth-order valence-corrected chi connectivity index (χ4v) is 3.61. The molecule has 1 aromatic heterocycles. The number of hydrogen-bond acceptors (Lipinski definition) is 3. The van der Waals surface area contributed by atoms with Crippen molar-refractivity contribution >= 4 is 0 Å². The average Bonchev–Trinajstić information content (AvgIpc) is 2.99. The van der Waals surface area contributed by atoms with Gasteiger partial charge < -0.3 is 9.73 Å². The smallest absolute Gasteiger partial charge is 0.118 e. The van der Waals surface area contributed by atoms with E-state index < -0.39 is 0 Å². The summed E-state index contributed by atoms with van der Waals surface area (Å²) in [7, 11) is 2.22. The molecule has 1 aliphatic rings. The molecule has 0 saturated heterocycles. The number of hydrogen-bond donors (Lipinski definition) is 1. The van der Waals surface area contributed by atoms with E-state index in [-0.39, 0.29) is 0 Å². The SMILES string of the molecule is Cc1ccc(CN(C)CC2(CNCC(C)C)CCCC2)o1. The molecular weight excluding hydrogens is 260 g/mol. The summed E-state index contributed by atoms with van der Waals surface area (Å²) in [5, 5.41) is 3.69. The van der Waals surface area contributed by atoms with Gasteiger partial charge in [0.1, 0.15) is 11.5 Å². The average molecular weight is 292 g/mol. The van der Waals surface area contributed by atoms with E-state index in [4.69, 9.17) is 4.42 Å². The van der Waals surface area contributed by atoms with Gasteiger partial charge in [0, 0.05) is 13.1 Å². The minimum Gasteiger partial charge on any atom is -0.465 e. The molecule has 0 atom stereocenters. The van der Waals surface area contributed by atoms with Crippen molar-refractivity contribution in [1.82, 2.24) is 10.2 Å². The Morgan fingerprint density at radius 3 is 2.57 bits per heavy atom. The predicted octanol–water partition coefficient (Wildman–Crippen LogP) is 3.83. The summed E-state index contributed by atoms with van der Waals surface area (Å²) in [5.74, 6) is 2.82. The topological polar surface area (TPSA) is 28.4 Å². The third kappa shape index (κ3) is 5.15. The monoisotopic (exact) mass is 292 g/mol. The van der Waals surface area contributed by atoms with Crippen LogP contribution in [0.4, 0.5) is 0 Å². The van der Waals surface area contributed by atoms with Crippen molar-refractivity contribution in [2.75, 3.05) is 26.7 Å². The molecule has 0 unspecified atom stereocenters. The maximum Gasteiger partial charge on any atom is 0.118 e. The molecule has 1 fully saturated rings. The Hall–Kier alpha value is -0.800. The molecule has 1 saturated carbocycles. The first-order chi connectivity index (χ1) is 9.99. The lowest BCUT2D eigenvalue weighted by Crippen LogP contribution is -2.41. The molecule has 0 radical (unpaired) electrons. The summed E-state index contributed by atoms with van der Waals surface area (Å²) < 4.78 is 5.71. The molecule has 21 heavy (non-hydrogen) atoms. The van der Waals surface area contributed by atoms with E-state index in [1.54, 1.807) is 0 Å². The third-order valence-corrected chi connectivity index (χ3v) is 4.54. The van der Waals surface area contributed by atoms with Crippen molar-refractivity contribution in [2.24, 2.45) is 11.3 Å². The molecule has 0 amide bonds. The second-order valence-corrected chi connectivity index (χ2v) is 7.42. The van der Waals surface area contributed by atoms with E-state index in [9.17, 15) is 0 Å². The van der Waals surface area contributed by atoms with Crippen molar-refractivity contribution in [3.05, 3.63) is 23.7 Å². The van der Waals surface area contributed by atoms with E-state index in [0.717, 1.165) is 43.6 Å². The molecule has 1 aliphatic carbocycles. The summed E-state index contributed by atoms with van der Waals surface area (Å²) in [6.45, 7) is 10.9. The Morgan fingerprint density at radius 1 is 1.29 bits per heavy atom. The van der Waals surface area contributed by atoms with Crippen LogP contribution in [0.2, 0.25) is 0 Å². The first-order valence-corrected chi connectivity index (χ1v) is 8.44. The second-order valence-electron chi connectivity index (χ2n) is 7.42. The molecule has 2 rings (SSSR count). The van der Waals surface area contributed by atoms with Crippen LogP contribution in [0, 0.1) is 18.3 Å². The quantitative estimate of drug-likeness (QED) is 0.789. The van der Waals surface area contributed by atoms with Crippen LogP contribution in [0.15, 0.2) is 16.5 Å². The summed E-state index contributed by atoms with van der Waals surface area (Å²) >= 11 is 0. The van der Waals surface area contributed by atoms with E-state index in [1.807, 2.05) is 6.92 Å².